The molecule has 1 aliphatic heterocycles. The van der Waals surface area contributed by atoms with E-state index < -0.39 is 0 Å². The van der Waals surface area contributed by atoms with Gasteiger partial charge in [-0.3, -0.25) is 0 Å². The summed E-state index contributed by atoms with van der Waals surface area (Å²) in [6, 6.07) is 3.76. The van der Waals surface area contributed by atoms with E-state index in [1.54, 1.807) is 0 Å². The van der Waals surface area contributed by atoms with Gasteiger partial charge in [0.05, 0.1) is 5.92 Å². The molecule has 1 saturated heterocycles. The highest BCUT2D eigenvalue weighted by molar-refractivity contribution is 5.45. The lowest BCUT2D eigenvalue weighted by Gasteiger charge is -2.18. The molecule has 0 spiro atoms. The number of hydrogen-bond donors (Lipinski definition) is 1. The van der Waals surface area contributed by atoms with Crippen LogP contribution in [0.2, 0.25) is 0 Å². The molecule has 3 heterocycles. The van der Waals surface area contributed by atoms with Crippen molar-refractivity contribution in [1.29, 1.82) is 0 Å². The normalized spacial score (nSPS) is 20.6. The Labute approximate surface area is 99.2 Å². The lowest BCUT2D eigenvalue weighted by atomic mass is 10.00. The third-order valence-electron chi connectivity index (χ3n) is 3.05. The molecule has 0 aromatic carbocycles. The van der Waals surface area contributed by atoms with E-state index in [0.717, 1.165) is 31.7 Å². The maximum Gasteiger partial charge on any atom is 0.238 e. The molecule has 0 aliphatic carbocycles. The molecule has 1 N–H and O–H groups in total. The van der Waals surface area contributed by atoms with Crippen molar-refractivity contribution in [3.8, 4) is 11.6 Å². The van der Waals surface area contributed by atoms with Gasteiger partial charge in [-0.05, 0) is 38.4 Å². The summed E-state index contributed by atoms with van der Waals surface area (Å²) in [5.74, 6) is 3.10. The minimum absolute atomic E-state index is 0.334. The van der Waals surface area contributed by atoms with Crippen LogP contribution < -0.4 is 5.32 Å². The van der Waals surface area contributed by atoms with Gasteiger partial charge in [0.15, 0.2) is 5.76 Å². The summed E-state index contributed by atoms with van der Waals surface area (Å²) < 4.78 is 10.8. The van der Waals surface area contributed by atoms with E-state index in [-0.39, 0.29) is 0 Å². The van der Waals surface area contributed by atoms with Crippen molar-refractivity contribution in [2.24, 2.45) is 0 Å². The predicted octanol–water partition coefficient (Wildman–Crippen LogP) is 2.11. The van der Waals surface area contributed by atoms with Crippen molar-refractivity contribution >= 4 is 0 Å². The lowest BCUT2D eigenvalue weighted by molar-refractivity contribution is 0.322. The van der Waals surface area contributed by atoms with Crippen LogP contribution in [-0.2, 0) is 0 Å². The molecule has 5 nitrogen and oxygen atoms in total. The molecule has 5 heteroatoms. The molecule has 1 atom stereocenters. The number of aromatic nitrogens is 2. The van der Waals surface area contributed by atoms with Gasteiger partial charge in [0, 0.05) is 6.54 Å². The van der Waals surface area contributed by atoms with Gasteiger partial charge in [0.2, 0.25) is 11.7 Å². The van der Waals surface area contributed by atoms with Crippen molar-refractivity contribution in [3.63, 3.8) is 0 Å². The largest absolute Gasteiger partial charge is 0.458 e. The summed E-state index contributed by atoms with van der Waals surface area (Å²) in [6.07, 6.45) is 2.26. The van der Waals surface area contributed by atoms with E-state index in [4.69, 9.17) is 8.94 Å². The van der Waals surface area contributed by atoms with Crippen LogP contribution in [0.3, 0.4) is 0 Å². The van der Waals surface area contributed by atoms with Crippen LogP contribution in [0.25, 0.3) is 11.6 Å². The summed E-state index contributed by atoms with van der Waals surface area (Å²) in [6.45, 7) is 3.89. The molecule has 90 valence electrons. The van der Waals surface area contributed by atoms with Crippen LogP contribution in [0.5, 0.6) is 0 Å². The first-order valence-electron chi connectivity index (χ1n) is 5.94. The second kappa shape index (κ2) is 4.33. The fourth-order valence-corrected chi connectivity index (χ4v) is 2.12. The highest BCUT2D eigenvalue weighted by atomic mass is 16.5. The van der Waals surface area contributed by atoms with Crippen LogP contribution in [0.1, 0.15) is 30.4 Å². The number of rotatable bonds is 2. The van der Waals surface area contributed by atoms with Crippen molar-refractivity contribution in [2.45, 2.75) is 25.7 Å². The fraction of sp³-hybridized carbons (Fsp3) is 0.500. The van der Waals surface area contributed by atoms with Crippen LogP contribution >= 0.6 is 0 Å². The molecule has 3 rings (SSSR count). The van der Waals surface area contributed by atoms with Crippen LogP contribution in [0.15, 0.2) is 21.1 Å². The molecule has 0 radical (unpaired) electrons. The Morgan fingerprint density at radius 1 is 1.41 bits per heavy atom. The monoisotopic (exact) mass is 233 g/mol. The van der Waals surface area contributed by atoms with Gasteiger partial charge in [-0.2, -0.15) is 4.98 Å². The van der Waals surface area contributed by atoms with Gasteiger partial charge in [-0.1, -0.05) is 5.16 Å². The summed E-state index contributed by atoms with van der Waals surface area (Å²) in [5, 5.41) is 7.30. The zero-order chi connectivity index (χ0) is 11.7. The van der Waals surface area contributed by atoms with Gasteiger partial charge in [0.25, 0.3) is 0 Å². The predicted molar refractivity (Wildman–Crippen MR) is 61.6 cm³/mol. The summed E-state index contributed by atoms with van der Waals surface area (Å²) in [5.41, 5.74) is 0. The third-order valence-corrected chi connectivity index (χ3v) is 3.05. The van der Waals surface area contributed by atoms with E-state index in [1.807, 2.05) is 19.1 Å². The Balaban J connectivity index is 1.82. The highest BCUT2D eigenvalue weighted by Gasteiger charge is 2.22. The van der Waals surface area contributed by atoms with E-state index in [9.17, 15) is 0 Å². The Hall–Kier alpha value is -1.62. The number of piperidine rings is 1. The van der Waals surface area contributed by atoms with Gasteiger partial charge in [0.1, 0.15) is 5.76 Å². The molecule has 2 aromatic heterocycles. The molecule has 1 fully saturated rings. The number of aryl methyl sites for hydroxylation is 1. The van der Waals surface area contributed by atoms with Crippen molar-refractivity contribution in [1.82, 2.24) is 15.5 Å². The summed E-state index contributed by atoms with van der Waals surface area (Å²) >= 11 is 0. The Kier molecular flexibility index (Phi) is 2.68. The Morgan fingerprint density at radius 2 is 2.35 bits per heavy atom. The smallest absolute Gasteiger partial charge is 0.238 e. The number of furan rings is 1. The average Bonchev–Trinajstić information content (AvgIpc) is 2.98. The Bertz CT molecular complexity index is 497. The van der Waals surface area contributed by atoms with Crippen LogP contribution in [-0.4, -0.2) is 23.2 Å². The second-order valence-electron chi connectivity index (χ2n) is 4.41. The molecule has 0 bridgehead atoms. The number of nitrogens with zero attached hydrogens (tertiary/aromatic N) is 2. The zero-order valence-electron chi connectivity index (χ0n) is 9.77. The van der Waals surface area contributed by atoms with Gasteiger partial charge in [-0.15, -0.1) is 0 Å². The maximum atomic E-state index is 5.47. The average molecular weight is 233 g/mol. The fourth-order valence-electron chi connectivity index (χ4n) is 2.12. The molecular weight excluding hydrogens is 218 g/mol. The van der Waals surface area contributed by atoms with Gasteiger partial charge in [-0.25, -0.2) is 0 Å². The minimum Gasteiger partial charge on any atom is -0.458 e. The van der Waals surface area contributed by atoms with Crippen LogP contribution in [0.4, 0.5) is 0 Å². The number of hydrogen-bond acceptors (Lipinski definition) is 5. The molecule has 0 saturated carbocycles. The summed E-state index contributed by atoms with van der Waals surface area (Å²) in [7, 11) is 0. The lowest BCUT2D eigenvalue weighted by Crippen LogP contribution is -2.28. The van der Waals surface area contributed by atoms with Crippen molar-refractivity contribution < 1.29 is 8.94 Å². The number of nitrogens with one attached hydrogen (secondary N) is 1. The minimum atomic E-state index is 0.334. The first-order valence-corrected chi connectivity index (χ1v) is 5.94. The zero-order valence-corrected chi connectivity index (χ0v) is 9.77. The van der Waals surface area contributed by atoms with E-state index in [0.29, 0.717) is 23.4 Å². The topological polar surface area (TPSA) is 64.1 Å². The van der Waals surface area contributed by atoms with Gasteiger partial charge >= 0.3 is 0 Å². The third kappa shape index (κ3) is 2.10. The van der Waals surface area contributed by atoms with E-state index in [2.05, 4.69) is 15.5 Å². The van der Waals surface area contributed by atoms with Gasteiger partial charge < -0.3 is 14.3 Å². The molecule has 2 aromatic rings. The SMILES string of the molecule is Cc1ccc(-c2noc([C@H]3CCCNC3)n2)o1. The standard InChI is InChI=1S/C12H15N3O2/c1-8-4-5-10(16-8)11-14-12(17-15-11)9-3-2-6-13-7-9/h4-5,9,13H,2-3,6-7H2,1H3/t9-/m0/s1. The van der Waals surface area contributed by atoms with Crippen molar-refractivity contribution in [2.75, 3.05) is 13.1 Å². The molecular formula is C12H15N3O2. The summed E-state index contributed by atoms with van der Waals surface area (Å²) in [4.78, 5) is 4.41. The molecule has 1 aliphatic rings. The van der Waals surface area contributed by atoms with Crippen LogP contribution in [0, 0.1) is 6.92 Å². The van der Waals surface area contributed by atoms with Crippen molar-refractivity contribution in [3.05, 3.63) is 23.8 Å². The highest BCUT2D eigenvalue weighted by Crippen LogP contribution is 2.25. The second-order valence-corrected chi connectivity index (χ2v) is 4.41. The Morgan fingerprint density at radius 3 is 3.06 bits per heavy atom. The quantitative estimate of drug-likeness (QED) is 0.860. The molecule has 17 heavy (non-hydrogen) atoms. The van der Waals surface area contributed by atoms with E-state index >= 15 is 0 Å². The first kappa shape index (κ1) is 10.5. The molecule has 0 amide bonds. The van der Waals surface area contributed by atoms with E-state index in [1.165, 1.54) is 0 Å². The maximum absolute atomic E-state index is 5.47. The first-order chi connectivity index (χ1) is 8.33. The molecule has 0 unspecified atom stereocenters.